The van der Waals surface area contributed by atoms with Crippen LogP contribution in [0.15, 0.2) is 0 Å². The van der Waals surface area contributed by atoms with Crippen LogP contribution in [-0.2, 0) is 0 Å². The third-order valence-corrected chi connectivity index (χ3v) is 3.36. The van der Waals surface area contributed by atoms with E-state index in [2.05, 4.69) is 0 Å². The quantitative estimate of drug-likeness (QED) is 0.659. The van der Waals surface area contributed by atoms with Crippen molar-refractivity contribution in [1.82, 2.24) is 0 Å². The Morgan fingerprint density at radius 2 is 1.91 bits per heavy atom. The van der Waals surface area contributed by atoms with Crippen LogP contribution in [0.4, 0.5) is 0 Å². The van der Waals surface area contributed by atoms with Crippen LogP contribution in [0.2, 0.25) is 0 Å². The molecule has 1 nitrogen and oxygen atoms in total. The first-order chi connectivity index (χ1) is 5.36. The zero-order valence-corrected chi connectivity index (χ0v) is 7.26. The highest BCUT2D eigenvalue weighted by Gasteiger charge is 2.27. The smallest absolute Gasteiger partial charge is 0.00672 e. The van der Waals surface area contributed by atoms with E-state index in [0.717, 1.165) is 11.8 Å². The van der Waals surface area contributed by atoms with Gasteiger partial charge in [0.25, 0.3) is 0 Å². The van der Waals surface area contributed by atoms with Gasteiger partial charge in [0, 0.05) is 6.04 Å². The molecule has 0 aromatic carbocycles. The summed E-state index contributed by atoms with van der Waals surface area (Å²) in [6, 6.07) is 0.546. The molecule has 2 aliphatic carbocycles. The summed E-state index contributed by atoms with van der Waals surface area (Å²) >= 11 is 0. The summed E-state index contributed by atoms with van der Waals surface area (Å²) in [6.45, 7) is 0. The van der Waals surface area contributed by atoms with Crippen LogP contribution in [0.5, 0.6) is 0 Å². The minimum atomic E-state index is 0.546. The highest BCUT2D eigenvalue weighted by Crippen LogP contribution is 2.36. The van der Waals surface area contributed by atoms with E-state index in [-0.39, 0.29) is 0 Å². The molecule has 0 bridgehead atoms. The number of nitrogens with two attached hydrogens (primary N) is 1. The van der Waals surface area contributed by atoms with Crippen molar-refractivity contribution in [1.29, 1.82) is 0 Å². The molecule has 1 atom stereocenters. The van der Waals surface area contributed by atoms with E-state index >= 15 is 0 Å². The van der Waals surface area contributed by atoms with Gasteiger partial charge in [0.2, 0.25) is 0 Å². The minimum Gasteiger partial charge on any atom is -0.327 e. The normalized spacial score (nSPS) is 28.1. The standard InChI is InChI=1S/C10H19N/c11-10(9-2-1-3-9)7-6-8-4-5-8/h8-10H,1-7,11H2. The first-order valence-electron chi connectivity index (χ1n) is 5.12. The predicted molar refractivity (Wildman–Crippen MR) is 47.3 cm³/mol. The molecule has 2 rings (SSSR count). The summed E-state index contributed by atoms with van der Waals surface area (Å²) in [7, 11) is 0. The number of rotatable bonds is 4. The molecule has 1 heteroatoms. The summed E-state index contributed by atoms with van der Waals surface area (Å²) < 4.78 is 0. The second-order valence-corrected chi connectivity index (χ2v) is 4.38. The van der Waals surface area contributed by atoms with E-state index in [1.165, 1.54) is 44.9 Å². The van der Waals surface area contributed by atoms with Crippen LogP contribution in [-0.4, -0.2) is 6.04 Å². The Morgan fingerprint density at radius 1 is 1.18 bits per heavy atom. The molecule has 2 N–H and O–H groups in total. The molecule has 0 spiro atoms. The first-order valence-corrected chi connectivity index (χ1v) is 5.12. The molecular formula is C10H19N. The van der Waals surface area contributed by atoms with Gasteiger partial charge in [-0.05, 0) is 37.5 Å². The Hall–Kier alpha value is -0.0400. The lowest BCUT2D eigenvalue weighted by Crippen LogP contribution is -2.34. The summed E-state index contributed by atoms with van der Waals surface area (Å²) in [5.74, 6) is 1.97. The van der Waals surface area contributed by atoms with Gasteiger partial charge in [-0.15, -0.1) is 0 Å². The van der Waals surface area contributed by atoms with E-state index in [1.54, 1.807) is 0 Å². The van der Waals surface area contributed by atoms with Crippen molar-refractivity contribution >= 4 is 0 Å². The summed E-state index contributed by atoms with van der Waals surface area (Å²) in [4.78, 5) is 0. The van der Waals surface area contributed by atoms with Crippen molar-refractivity contribution in [2.45, 2.75) is 51.0 Å². The van der Waals surface area contributed by atoms with Gasteiger partial charge in [0.05, 0.1) is 0 Å². The van der Waals surface area contributed by atoms with Crippen molar-refractivity contribution in [2.24, 2.45) is 17.6 Å². The fraction of sp³-hybridized carbons (Fsp3) is 1.00. The van der Waals surface area contributed by atoms with E-state index in [4.69, 9.17) is 5.73 Å². The largest absolute Gasteiger partial charge is 0.327 e. The SMILES string of the molecule is NC(CCC1CC1)C1CCC1. The van der Waals surface area contributed by atoms with Gasteiger partial charge in [-0.1, -0.05) is 19.3 Å². The molecule has 1 unspecified atom stereocenters. The van der Waals surface area contributed by atoms with Crippen LogP contribution >= 0.6 is 0 Å². The average Bonchev–Trinajstić information content (AvgIpc) is 2.61. The van der Waals surface area contributed by atoms with E-state index in [0.29, 0.717) is 6.04 Å². The topological polar surface area (TPSA) is 26.0 Å². The molecule has 0 radical (unpaired) electrons. The zero-order valence-electron chi connectivity index (χ0n) is 7.26. The molecule has 0 saturated heterocycles. The third-order valence-electron chi connectivity index (χ3n) is 3.36. The fourth-order valence-electron chi connectivity index (χ4n) is 1.94. The van der Waals surface area contributed by atoms with Gasteiger partial charge in [0.15, 0.2) is 0 Å². The van der Waals surface area contributed by atoms with E-state index < -0.39 is 0 Å². The second-order valence-electron chi connectivity index (χ2n) is 4.38. The van der Waals surface area contributed by atoms with Crippen molar-refractivity contribution in [3.63, 3.8) is 0 Å². The molecule has 2 fully saturated rings. The predicted octanol–water partition coefficient (Wildman–Crippen LogP) is 2.30. The maximum absolute atomic E-state index is 6.06. The minimum absolute atomic E-state index is 0.546. The van der Waals surface area contributed by atoms with Crippen molar-refractivity contribution < 1.29 is 0 Å². The van der Waals surface area contributed by atoms with Crippen molar-refractivity contribution in [3.05, 3.63) is 0 Å². The fourth-order valence-corrected chi connectivity index (χ4v) is 1.94. The zero-order chi connectivity index (χ0) is 7.68. The molecule has 0 aromatic heterocycles. The van der Waals surface area contributed by atoms with Gasteiger partial charge in [0.1, 0.15) is 0 Å². The highest BCUT2D eigenvalue weighted by molar-refractivity contribution is 4.82. The summed E-state index contributed by atoms with van der Waals surface area (Å²) in [6.07, 6.45) is 9.93. The van der Waals surface area contributed by atoms with Gasteiger partial charge in [-0.25, -0.2) is 0 Å². The van der Waals surface area contributed by atoms with Gasteiger partial charge in [-0.3, -0.25) is 0 Å². The third kappa shape index (κ3) is 1.96. The van der Waals surface area contributed by atoms with Crippen LogP contribution in [0.3, 0.4) is 0 Å². The summed E-state index contributed by atoms with van der Waals surface area (Å²) in [5, 5.41) is 0. The van der Waals surface area contributed by atoms with Crippen LogP contribution < -0.4 is 5.73 Å². The molecule has 11 heavy (non-hydrogen) atoms. The Morgan fingerprint density at radius 3 is 2.36 bits per heavy atom. The lowest BCUT2D eigenvalue weighted by molar-refractivity contribution is 0.248. The monoisotopic (exact) mass is 153 g/mol. The molecule has 0 aromatic rings. The molecule has 2 saturated carbocycles. The molecule has 2 aliphatic rings. The average molecular weight is 153 g/mol. The Labute approximate surface area is 69.4 Å². The molecule has 0 heterocycles. The lowest BCUT2D eigenvalue weighted by Gasteiger charge is -2.31. The molecule has 64 valence electrons. The maximum Gasteiger partial charge on any atom is 0.00672 e. The number of hydrogen-bond acceptors (Lipinski definition) is 1. The van der Waals surface area contributed by atoms with Crippen LogP contribution in [0.1, 0.15) is 44.9 Å². The van der Waals surface area contributed by atoms with Crippen molar-refractivity contribution in [2.75, 3.05) is 0 Å². The van der Waals surface area contributed by atoms with Gasteiger partial charge in [-0.2, -0.15) is 0 Å². The molecule has 0 amide bonds. The Kier molecular flexibility index (Phi) is 2.17. The van der Waals surface area contributed by atoms with Gasteiger partial charge < -0.3 is 5.73 Å². The van der Waals surface area contributed by atoms with Crippen LogP contribution in [0, 0.1) is 11.8 Å². The first kappa shape index (κ1) is 7.60. The van der Waals surface area contributed by atoms with Crippen LogP contribution in [0.25, 0.3) is 0 Å². The maximum atomic E-state index is 6.06. The van der Waals surface area contributed by atoms with Crippen molar-refractivity contribution in [3.8, 4) is 0 Å². The number of hydrogen-bond donors (Lipinski definition) is 1. The summed E-state index contributed by atoms with van der Waals surface area (Å²) in [5.41, 5.74) is 6.06. The van der Waals surface area contributed by atoms with E-state index in [9.17, 15) is 0 Å². The highest BCUT2D eigenvalue weighted by atomic mass is 14.7. The van der Waals surface area contributed by atoms with Gasteiger partial charge >= 0.3 is 0 Å². The second kappa shape index (κ2) is 3.14. The molecular weight excluding hydrogens is 134 g/mol. The Bertz CT molecular complexity index is 125. The lowest BCUT2D eigenvalue weighted by atomic mass is 9.78. The molecule has 0 aliphatic heterocycles. The Balaban J connectivity index is 1.59. The van der Waals surface area contributed by atoms with E-state index in [1.807, 2.05) is 0 Å².